The number of nitrogens with one attached hydrogen (secondary N) is 2. The van der Waals surface area contributed by atoms with Crippen LogP contribution in [0, 0.1) is 0 Å². The molecule has 1 amide bonds. The number of carbonyl (C=O) groups is 3. The highest BCUT2D eigenvalue weighted by Gasteiger charge is 2.12. The summed E-state index contributed by atoms with van der Waals surface area (Å²) in [5.41, 5.74) is 2.07. The Kier molecular flexibility index (Phi) is 14.0. The minimum Gasteiger partial charge on any atom is -0.506 e. The lowest BCUT2D eigenvalue weighted by Gasteiger charge is -2.18. The summed E-state index contributed by atoms with van der Waals surface area (Å²) in [5.74, 6) is -1.73. The van der Waals surface area contributed by atoms with Gasteiger partial charge in [-0.2, -0.15) is 0 Å². The third-order valence-corrected chi connectivity index (χ3v) is 4.35. The number of anilines is 1. The third kappa shape index (κ3) is 11.6. The molecule has 0 fully saturated rings. The fourth-order valence-corrected chi connectivity index (χ4v) is 2.70. The van der Waals surface area contributed by atoms with Crippen LogP contribution in [0.25, 0.3) is 0 Å². The van der Waals surface area contributed by atoms with E-state index < -0.39 is 18.0 Å². The van der Waals surface area contributed by atoms with Gasteiger partial charge in [-0.05, 0) is 48.7 Å². The Balaban J connectivity index is 0.00000104. The maximum atomic E-state index is 10.5. The van der Waals surface area contributed by atoms with Crippen LogP contribution in [0.4, 0.5) is 5.69 Å². The molecule has 0 radical (unpaired) electrons. The first-order chi connectivity index (χ1) is 15.7. The molecule has 2 aromatic rings. The van der Waals surface area contributed by atoms with E-state index in [9.17, 15) is 24.6 Å². The first kappa shape index (κ1) is 30.1. The van der Waals surface area contributed by atoms with Crippen LogP contribution >= 0.6 is 0 Å². The zero-order valence-electron chi connectivity index (χ0n) is 18.8. The van der Waals surface area contributed by atoms with Gasteiger partial charge in [-0.25, -0.2) is 9.59 Å². The molecule has 11 heteroatoms. The maximum Gasteiger partial charge on any atom is 0.328 e. The number of aromatic hydroxyl groups is 1. The number of phenolic OH excluding ortho intramolecular Hbond substituents is 1. The fraction of sp³-hybridized carbons (Fsp3) is 0.261. The molecule has 0 aliphatic rings. The number of ether oxygens (including phenoxy) is 1. The normalized spacial score (nSPS) is 11.9. The van der Waals surface area contributed by atoms with Crippen molar-refractivity contribution in [3.63, 3.8) is 0 Å². The second-order valence-corrected chi connectivity index (χ2v) is 6.93. The Morgan fingerprint density at radius 1 is 1.06 bits per heavy atom. The van der Waals surface area contributed by atoms with E-state index in [4.69, 9.17) is 14.9 Å². The molecule has 2 unspecified atom stereocenters. The van der Waals surface area contributed by atoms with Crippen molar-refractivity contribution in [2.45, 2.75) is 25.5 Å². The first-order valence-corrected chi connectivity index (χ1v) is 9.87. The predicted octanol–water partition coefficient (Wildman–Crippen LogP) is 1.11. The van der Waals surface area contributed by atoms with Crippen molar-refractivity contribution in [3.05, 3.63) is 65.7 Å². The summed E-state index contributed by atoms with van der Waals surface area (Å²) in [6, 6.07) is 12.7. The molecule has 0 aliphatic heterocycles. The van der Waals surface area contributed by atoms with Gasteiger partial charge in [0.2, 0.25) is 6.41 Å². The molecule has 0 saturated carbocycles. The molecule has 0 aliphatic carbocycles. The number of carbonyl (C=O) groups excluding carboxylic acids is 1. The summed E-state index contributed by atoms with van der Waals surface area (Å²) in [6.07, 6.45) is 1.68. The van der Waals surface area contributed by atoms with Crippen LogP contribution in [-0.4, -0.2) is 63.9 Å². The van der Waals surface area contributed by atoms with Crippen LogP contribution in [0.1, 0.15) is 24.2 Å². The number of aliphatic hydroxyl groups is 1. The van der Waals surface area contributed by atoms with E-state index in [1.54, 1.807) is 19.2 Å². The van der Waals surface area contributed by atoms with Crippen molar-refractivity contribution < 1.29 is 45.0 Å². The highest BCUT2D eigenvalue weighted by Crippen LogP contribution is 2.26. The topological polar surface area (TPSA) is 197 Å². The van der Waals surface area contributed by atoms with Crippen molar-refractivity contribution in [2.24, 2.45) is 0 Å². The number of amides is 1. The van der Waals surface area contributed by atoms with Crippen LogP contribution < -0.4 is 15.4 Å². The molecule has 0 saturated heterocycles. The molecule has 0 aromatic heterocycles. The van der Waals surface area contributed by atoms with Gasteiger partial charge in [0.25, 0.3) is 0 Å². The monoisotopic (exact) mass is 478 g/mol. The van der Waals surface area contributed by atoms with Crippen LogP contribution in [0.15, 0.2) is 54.6 Å². The van der Waals surface area contributed by atoms with Gasteiger partial charge < -0.3 is 41.3 Å². The third-order valence-electron chi connectivity index (χ3n) is 4.35. The zero-order chi connectivity index (χ0) is 24.8. The summed E-state index contributed by atoms with van der Waals surface area (Å²) < 4.78 is 5.14. The number of carboxylic acid groups (broad SMARTS) is 2. The second-order valence-electron chi connectivity index (χ2n) is 6.93. The second kappa shape index (κ2) is 15.8. The number of hydrogen-bond acceptors (Lipinski definition) is 7. The molecular formula is C23H30N2O9. The summed E-state index contributed by atoms with van der Waals surface area (Å²) >= 11 is 0. The molecule has 2 rings (SSSR count). The van der Waals surface area contributed by atoms with Crippen molar-refractivity contribution in [1.82, 2.24) is 5.32 Å². The first-order valence-electron chi connectivity index (χ1n) is 9.87. The molecule has 2 aromatic carbocycles. The Bertz CT molecular complexity index is 930. The van der Waals surface area contributed by atoms with Gasteiger partial charge in [0.05, 0.1) is 18.9 Å². The average molecular weight is 478 g/mol. The van der Waals surface area contributed by atoms with Crippen LogP contribution in [-0.2, 0) is 20.8 Å². The predicted molar refractivity (Wildman–Crippen MR) is 125 cm³/mol. The smallest absolute Gasteiger partial charge is 0.328 e. The molecule has 2 atom stereocenters. The van der Waals surface area contributed by atoms with E-state index in [1.807, 2.05) is 31.2 Å². The highest BCUT2D eigenvalue weighted by molar-refractivity contribution is 5.89. The molecule has 0 heterocycles. The number of hydrogen-bond donors (Lipinski definition) is 6. The number of phenols is 1. The van der Waals surface area contributed by atoms with Crippen molar-refractivity contribution in [2.75, 3.05) is 19.0 Å². The number of carboxylic acids is 2. The average Bonchev–Trinajstić information content (AvgIpc) is 2.78. The minimum absolute atomic E-state index is 0. The largest absolute Gasteiger partial charge is 0.506 e. The molecule has 0 bridgehead atoms. The zero-order valence-corrected chi connectivity index (χ0v) is 18.8. The lowest BCUT2D eigenvalue weighted by molar-refractivity contribution is -0.134. The Labute approximate surface area is 196 Å². The van der Waals surface area contributed by atoms with E-state index in [0.717, 1.165) is 12.2 Å². The van der Waals surface area contributed by atoms with E-state index in [0.29, 0.717) is 30.7 Å². The quantitative estimate of drug-likeness (QED) is 0.156. The molecule has 0 spiro atoms. The molecular weight excluding hydrogens is 448 g/mol. The van der Waals surface area contributed by atoms with Gasteiger partial charge in [0.1, 0.15) is 11.5 Å². The Morgan fingerprint density at radius 2 is 1.65 bits per heavy atom. The van der Waals surface area contributed by atoms with E-state index in [-0.39, 0.29) is 23.0 Å². The lowest BCUT2D eigenvalue weighted by atomic mass is 10.1. The van der Waals surface area contributed by atoms with Gasteiger partial charge in [0.15, 0.2) is 0 Å². The Morgan fingerprint density at radius 3 is 2.15 bits per heavy atom. The number of benzene rings is 2. The van der Waals surface area contributed by atoms with Gasteiger partial charge in [-0.3, -0.25) is 4.79 Å². The number of methoxy groups -OCH3 is 1. The number of rotatable bonds is 11. The van der Waals surface area contributed by atoms with Gasteiger partial charge >= 0.3 is 11.9 Å². The summed E-state index contributed by atoms with van der Waals surface area (Å²) in [7, 11) is 1.64. The number of aliphatic carboxylic acids is 2. The van der Waals surface area contributed by atoms with Gasteiger partial charge in [0, 0.05) is 24.7 Å². The Hall–Kier alpha value is -3.93. The van der Waals surface area contributed by atoms with Crippen molar-refractivity contribution in [1.29, 1.82) is 0 Å². The van der Waals surface area contributed by atoms with Crippen molar-refractivity contribution in [3.8, 4) is 11.5 Å². The van der Waals surface area contributed by atoms with Crippen LogP contribution in [0.5, 0.6) is 11.5 Å². The highest BCUT2D eigenvalue weighted by atomic mass is 16.5. The standard InChI is InChI=1S/C19H24N2O4.C4H4O4.H2O/c1-13(9-14-3-6-16(25-2)7-4-14)20-11-19(24)15-5-8-18(23)17(10-15)21-12-22;5-3(6)1-2-4(7)8;/h3-8,10,12-13,19-20,23-24H,9,11H2,1-2H3,(H,21,22);1-2H,(H,5,6)(H,7,8);1H2/b;2-1+;. The van der Waals surface area contributed by atoms with Gasteiger partial charge in [-0.15, -0.1) is 0 Å². The molecule has 11 nitrogen and oxygen atoms in total. The summed E-state index contributed by atoms with van der Waals surface area (Å²) in [5, 5.41) is 41.3. The van der Waals surface area contributed by atoms with E-state index in [2.05, 4.69) is 10.6 Å². The fourth-order valence-electron chi connectivity index (χ4n) is 2.70. The summed E-state index contributed by atoms with van der Waals surface area (Å²) in [4.78, 5) is 29.6. The van der Waals surface area contributed by atoms with E-state index in [1.165, 1.54) is 11.6 Å². The minimum atomic E-state index is -1.26. The van der Waals surface area contributed by atoms with Crippen molar-refractivity contribution >= 4 is 24.0 Å². The molecule has 186 valence electrons. The molecule has 8 N–H and O–H groups in total. The SMILES string of the molecule is COc1ccc(CC(C)NCC(O)c2ccc(O)c(NC=O)c2)cc1.O.O=C(O)/C=C/C(=O)O. The van der Waals surface area contributed by atoms with Crippen LogP contribution in [0.3, 0.4) is 0 Å². The van der Waals surface area contributed by atoms with Gasteiger partial charge in [-0.1, -0.05) is 18.2 Å². The maximum absolute atomic E-state index is 10.5. The summed E-state index contributed by atoms with van der Waals surface area (Å²) in [6.45, 7) is 2.41. The number of aliphatic hydroxyl groups excluding tert-OH is 1. The van der Waals surface area contributed by atoms with Crippen LogP contribution in [0.2, 0.25) is 0 Å². The van der Waals surface area contributed by atoms with E-state index >= 15 is 0 Å². The molecule has 34 heavy (non-hydrogen) atoms. The lowest BCUT2D eigenvalue weighted by Crippen LogP contribution is -2.32.